The first-order valence-electron chi connectivity index (χ1n) is 6.45. The third-order valence-corrected chi connectivity index (χ3v) is 4.56. The first-order valence-corrected chi connectivity index (χ1v) is 7.99. The van der Waals surface area contributed by atoms with Crippen molar-refractivity contribution in [1.29, 1.82) is 5.26 Å². The van der Waals surface area contributed by atoms with E-state index in [9.17, 15) is 17.7 Å². The second-order valence-electron chi connectivity index (χ2n) is 4.09. The third kappa shape index (κ3) is 4.70. The molecule has 0 atom stereocenters. The van der Waals surface area contributed by atoms with E-state index in [0.717, 1.165) is 12.1 Å². The minimum atomic E-state index is -4.44. The van der Waals surface area contributed by atoms with Gasteiger partial charge in [0.1, 0.15) is 11.4 Å². The van der Waals surface area contributed by atoms with Crippen LogP contribution in [-0.2, 0) is 19.8 Å². The number of nitrogens with zero attached hydrogens (tertiary/aromatic N) is 1. The predicted molar refractivity (Wildman–Crippen MR) is 75.9 cm³/mol. The van der Waals surface area contributed by atoms with Gasteiger partial charge in [0.25, 0.3) is 0 Å². The Balaban J connectivity index is 3.16. The zero-order valence-electron chi connectivity index (χ0n) is 12.1. The van der Waals surface area contributed by atoms with Crippen molar-refractivity contribution in [2.45, 2.75) is 20.0 Å². The maximum Gasteiger partial charge on any atom is 0.416 e. The van der Waals surface area contributed by atoms with Crippen molar-refractivity contribution in [3.8, 4) is 6.07 Å². The van der Waals surface area contributed by atoms with Gasteiger partial charge in [0, 0.05) is 0 Å². The Morgan fingerprint density at radius 1 is 1.23 bits per heavy atom. The summed E-state index contributed by atoms with van der Waals surface area (Å²) in [6, 6.07) is 5.86. The molecule has 0 unspecified atom stereocenters. The van der Waals surface area contributed by atoms with Crippen LogP contribution in [0.3, 0.4) is 0 Å². The molecular formula is C14H15F3NO3P. The molecule has 0 aliphatic heterocycles. The fraction of sp³-hybridized carbons (Fsp3) is 0.357. The molecule has 0 saturated carbocycles. The van der Waals surface area contributed by atoms with E-state index in [1.165, 1.54) is 18.2 Å². The summed E-state index contributed by atoms with van der Waals surface area (Å²) in [7, 11) is -3.76. The van der Waals surface area contributed by atoms with Gasteiger partial charge in [0.05, 0.1) is 18.8 Å². The molecular weight excluding hydrogens is 318 g/mol. The molecule has 4 nitrogen and oxygen atoms in total. The zero-order valence-corrected chi connectivity index (χ0v) is 12.9. The molecule has 0 aliphatic carbocycles. The Labute approximate surface area is 126 Å². The van der Waals surface area contributed by atoms with Crippen molar-refractivity contribution in [3.05, 3.63) is 40.7 Å². The van der Waals surface area contributed by atoms with Gasteiger partial charge in [-0.15, -0.1) is 0 Å². The van der Waals surface area contributed by atoms with Gasteiger partial charge in [-0.1, -0.05) is 12.1 Å². The highest BCUT2D eigenvalue weighted by atomic mass is 31.2. The molecule has 1 rings (SSSR count). The van der Waals surface area contributed by atoms with E-state index in [-0.39, 0.29) is 18.5 Å². The second kappa shape index (κ2) is 7.59. The second-order valence-corrected chi connectivity index (χ2v) is 6.09. The van der Waals surface area contributed by atoms with E-state index < -0.39 is 19.3 Å². The molecule has 0 N–H and O–H groups in total. The average molecular weight is 333 g/mol. The van der Waals surface area contributed by atoms with Crippen LogP contribution in [0.1, 0.15) is 25.0 Å². The lowest BCUT2D eigenvalue weighted by molar-refractivity contribution is -0.137. The molecule has 0 heterocycles. The summed E-state index contributed by atoms with van der Waals surface area (Å²) in [5.74, 6) is 0. The predicted octanol–water partition coefficient (Wildman–Crippen LogP) is 4.84. The lowest BCUT2D eigenvalue weighted by Crippen LogP contribution is -2.04. The molecule has 8 heteroatoms. The van der Waals surface area contributed by atoms with E-state index in [0.29, 0.717) is 5.56 Å². The molecule has 1 aromatic rings. The Morgan fingerprint density at radius 3 is 2.09 bits per heavy atom. The molecule has 0 saturated heterocycles. The van der Waals surface area contributed by atoms with Gasteiger partial charge < -0.3 is 9.05 Å². The van der Waals surface area contributed by atoms with E-state index in [1.54, 1.807) is 19.9 Å². The lowest BCUT2D eigenvalue weighted by Gasteiger charge is -2.15. The van der Waals surface area contributed by atoms with Gasteiger partial charge in [-0.3, -0.25) is 4.57 Å². The first-order chi connectivity index (χ1) is 10.3. The SMILES string of the molecule is CCOP(=O)(OCC)/C(C#N)=C\c1ccc(C(F)(F)F)cc1. The Bertz CT molecular complexity index is 608. The largest absolute Gasteiger partial charge is 0.416 e. The van der Waals surface area contributed by atoms with Gasteiger partial charge in [-0.2, -0.15) is 18.4 Å². The van der Waals surface area contributed by atoms with Crippen LogP contribution in [0.5, 0.6) is 0 Å². The fourth-order valence-corrected chi connectivity index (χ4v) is 3.08. The van der Waals surface area contributed by atoms with Crippen molar-refractivity contribution in [2.75, 3.05) is 13.2 Å². The van der Waals surface area contributed by atoms with Crippen molar-refractivity contribution in [1.82, 2.24) is 0 Å². The standard InChI is InChI=1S/C14H15F3NO3P/c1-3-20-22(19,21-4-2)13(10-18)9-11-5-7-12(8-6-11)14(15,16)17/h5-9H,3-4H2,1-2H3/b13-9-. The highest BCUT2D eigenvalue weighted by molar-refractivity contribution is 7.59. The normalized spacial score (nSPS) is 13.0. The molecule has 120 valence electrons. The van der Waals surface area contributed by atoms with Gasteiger partial charge in [0.15, 0.2) is 0 Å². The molecule has 0 fully saturated rings. The maximum atomic E-state index is 12.5. The van der Waals surface area contributed by atoms with Gasteiger partial charge in [-0.25, -0.2) is 0 Å². The summed E-state index contributed by atoms with van der Waals surface area (Å²) in [6.07, 6.45) is -3.24. The Kier molecular flexibility index (Phi) is 6.36. The number of halogens is 3. The van der Waals surface area contributed by atoms with E-state index >= 15 is 0 Å². The molecule has 1 aromatic carbocycles. The van der Waals surface area contributed by atoms with Crippen LogP contribution in [0.25, 0.3) is 6.08 Å². The van der Waals surface area contributed by atoms with Crippen molar-refractivity contribution in [3.63, 3.8) is 0 Å². The smallest absolute Gasteiger partial charge is 0.305 e. The van der Waals surface area contributed by atoms with Crippen molar-refractivity contribution in [2.24, 2.45) is 0 Å². The number of allylic oxidation sites excluding steroid dienone is 1. The molecule has 0 spiro atoms. The molecule has 0 amide bonds. The summed E-state index contributed by atoms with van der Waals surface area (Å²) < 4.78 is 60.0. The molecule has 0 radical (unpaired) electrons. The number of alkyl halides is 3. The molecule has 0 aromatic heterocycles. The highest BCUT2D eigenvalue weighted by Gasteiger charge is 2.31. The summed E-state index contributed by atoms with van der Waals surface area (Å²) >= 11 is 0. The van der Waals surface area contributed by atoms with E-state index in [2.05, 4.69) is 0 Å². The lowest BCUT2D eigenvalue weighted by atomic mass is 10.1. The number of hydrogen-bond donors (Lipinski definition) is 0. The molecule has 22 heavy (non-hydrogen) atoms. The summed E-state index contributed by atoms with van der Waals surface area (Å²) in [4.78, 5) is 0. The number of rotatable bonds is 6. The van der Waals surface area contributed by atoms with Crippen LogP contribution in [-0.4, -0.2) is 13.2 Å². The topological polar surface area (TPSA) is 59.3 Å². The van der Waals surface area contributed by atoms with Crippen LogP contribution in [0.4, 0.5) is 13.2 Å². The van der Waals surface area contributed by atoms with Gasteiger partial charge in [0.2, 0.25) is 0 Å². The first kappa shape index (κ1) is 18.4. The number of nitriles is 1. The number of hydrogen-bond acceptors (Lipinski definition) is 4. The van der Waals surface area contributed by atoms with Crippen LogP contribution in [0.15, 0.2) is 29.6 Å². The average Bonchev–Trinajstić information content (AvgIpc) is 2.44. The van der Waals surface area contributed by atoms with Crippen LogP contribution >= 0.6 is 7.60 Å². The summed E-state index contributed by atoms with van der Waals surface area (Å²) in [6.45, 7) is 3.34. The summed E-state index contributed by atoms with van der Waals surface area (Å²) in [5.41, 5.74) is -0.509. The van der Waals surface area contributed by atoms with Gasteiger partial charge in [-0.05, 0) is 37.6 Å². The Morgan fingerprint density at radius 2 is 1.73 bits per heavy atom. The fourth-order valence-electron chi connectivity index (χ4n) is 1.62. The quantitative estimate of drug-likeness (QED) is 0.552. The van der Waals surface area contributed by atoms with E-state index in [1.807, 2.05) is 0 Å². The minimum absolute atomic E-state index is 0.0727. The van der Waals surface area contributed by atoms with Crippen LogP contribution in [0, 0.1) is 11.3 Å². The zero-order chi connectivity index (χ0) is 16.8. The monoisotopic (exact) mass is 333 g/mol. The highest BCUT2D eigenvalue weighted by Crippen LogP contribution is 2.56. The molecule has 0 bridgehead atoms. The number of benzene rings is 1. The Hall–Kier alpha value is -1.61. The van der Waals surface area contributed by atoms with Crippen LogP contribution < -0.4 is 0 Å². The summed E-state index contributed by atoms with van der Waals surface area (Å²) in [5, 5.41) is 8.88. The minimum Gasteiger partial charge on any atom is -0.305 e. The molecule has 0 aliphatic rings. The maximum absolute atomic E-state index is 12.5. The van der Waals surface area contributed by atoms with E-state index in [4.69, 9.17) is 14.3 Å². The van der Waals surface area contributed by atoms with Crippen molar-refractivity contribution >= 4 is 13.7 Å². The van der Waals surface area contributed by atoms with Crippen molar-refractivity contribution < 1.29 is 26.8 Å². The van der Waals surface area contributed by atoms with Gasteiger partial charge >= 0.3 is 13.8 Å². The third-order valence-electron chi connectivity index (χ3n) is 2.55. The van der Waals surface area contributed by atoms with Crippen LogP contribution in [0.2, 0.25) is 0 Å².